The Morgan fingerprint density at radius 3 is 2.69 bits per heavy atom. The van der Waals surface area contributed by atoms with E-state index in [0.717, 1.165) is 18.7 Å². The van der Waals surface area contributed by atoms with Crippen molar-refractivity contribution in [3.63, 3.8) is 0 Å². The third-order valence-corrected chi connectivity index (χ3v) is 2.28. The molecule has 2 N–H and O–H groups in total. The largest absolute Gasteiger partial charge is 0.370 e. The van der Waals surface area contributed by atoms with Gasteiger partial charge in [-0.05, 0) is 5.56 Å². The summed E-state index contributed by atoms with van der Waals surface area (Å²) in [6.45, 7) is 1.97. The first-order valence-electron chi connectivity index (χ1n) is 4.47. The molecule has 1 radical (unpaired) electrons. The number of rotatable bonds is 1. The lowest BCUT2D eigenvalue weighted by Crippen LogP contribution is -2.54. The first-order valence-corrected chi connectivity index (χ1v) is 4.47. The van der Waals surface area contributed by atoms with Crippen molar-refractivity contribution in [2.75, 3.05) is 19.6 Å². The maximum atomic E-state index is 10.1. The van der Waals surface area contributed by atoms with Crippen molar-refractivity contribution in [1.29, 1.82) is 0 Å². The minimum Gasteiger partial charge on any atom is -0.370 e. The molecule has 1 aliphatic rings. The first kappa shape index (κ1) is 8.69. The summed E-state index contributed by atoms with van der Waals surface area (Å²) in [7, 11) is 0. The van der Waals surface area contributed by atoms with Gasteiger partial charge >= 0.3 is 0 Å². The molecule has 1 saturated heterocycles. The maximum absolute atomic E-state index is 10.1. The molecule has 3 nitrogen and oxygen atoms in total. The molecule has 1 fully saturated rings. The molecule has 0 spiro atoms. The van der Waals surface area contributed by atoms with Crippen molar-refractivity contribution in [2.24, 2.45) is 0 Å². The van der Waals surface area contributed by atoms with Crippen LogP contribution in [-0.4, -0.2) is 24.7 Å². The van der Waals surface area contributed by atoms with Crippen molar-refractivity contribution >= 4 is 0 Å². The molecule has 1 heterocycles. The van der Waals surface area contributed by atoms with Crippen LogP contribution in [0.5, 0.6) is 0 Å². The molecule has 1 aromatic carbocycles. The smallest absolute Gasteiger partial charge is 0.156 e. The highest BCUT2D eigenvalue weighted by Gasteiger charge is 2.30. The van der Waals surface area contributed by atoms with E-state index in [9.17, 15) is 5.11 Å². The fourth-order valence-corrected chi connectivity index (χ4v) is 1.55. The number of hydrogen-bond acceptors (Lipinski definition) is 2. The Labute approximate surface area is 77.8 Å². The quantitative estimate of drug-likeness (QED) is 0.636. The van der Waals surface area contributed by atoms with E-state index in [1.54, 1.807) is 0 Å². The normalized spacial score (nSPS) is 28.7. The van der Waals surface area contributed by atoms with E-state index in [4.69, 9.17) is 0 Å². The zero-order valence-corrected chi connectivity index (χ0v) is 7.40. The lowest BCUT2D eigenvalue weighted by molar-refractivity contribution is -0.0125. The molecule has 0 bridgehead atoms. The molecular weight excluding hydrogens is 164 g/mol. The third kappa shape index (κ3) is 1.72. The Morgan fingerprint density at radius 2 is 2.08 bits per heavy atom. The number of piperazine rings is 1. The molecule has 1 aromatic rings. The second-order valence-electron chi connectivity index (χ2n) is 3.26. The molecule has 0 amide bonds. The van der Waals surface area contributed by atoms with Gasteiger partial charge in [-0.2, -0.15) is 0 Å². The molecule has 3 heteroatoms. The summed E-state index contributed by atoms with van der Waals surface area (Å²) in [5.41, 5.74) is -0.0575. The molecule has 1 unspecified atom stereocenters. The lowest BCUT2D eigenvalue weighted by Gasteiger charge is -2.33. The van der Waals surface area contributed by atoms with Gasteiger partial charge in [0, 0.05) is 13.1 Å². The van der Waals surface area contributed by atoms with Gasteiger partial charge in [0.1, 0.15) is 0 Å². The number of aliphatic hydroxyl groups is 1. The molecular formula is C10H13N2O. The van der Waals surface area contributed by atoms with Crippen LogP contribution in [0.3, 0.4) is 0 Å². The highest BCUT2D eigenvalue weighted by Crippen LogP contribution is 2.18. The summed E-state index contributed by atoms with van der Waals surface area (Å²) in [5.74, 6) is 0. The van der Waals surface area contributed by atoms with E-state index in [1.807, 2.05) is 30.3 Å². The van der Waals surface area contributed by atoms with E-state index in [-0.39, 0.29) is 0 Å². The summed E-state index contributed by atoms with van der Waals surface area (Å²) >= 11 is 0. The van der Waals surface area contributed by atoms with Crippen LogP contribution >= 0.6 is 0 Å². The van der Waals surface area contributed by atoms with Gasteiger partial charge in [-0.1, -0.05) is 30.3 Å². The molecule has 0 aromatic heterocycles. The number of nitrogens with one attached hydrogen (secondary N) is 1. The highest BCUT2D eigenvalue weighted by atomic mass is 16.3. The van der Waals surface area contributed by atoms with Gasteiger partial charge in [0.15, 0.2) is 5.72 Å². The van der Waals surface area contributed by atoms with E-state index in [1.165, 1.54) is 0 Å². The second-order valence-corrected chi connectivity index (χ2v) is 3.26. The topological polar surface area (TPSA) is 46.4 Å². The van der Waals surface area contributed by atoms with Crippen molar-refractivity contribution in [3.05, 3.63) is 35.9 Å². The van der Waals surface area contributed by atoms with Crippen LogP contribution in [0, 0.1) is 0 Å². The predicted octanol–water partition coefficient (Wildman–Crippen LogP) is 0.0393. The number of nitrogens with zero attached hydrogens (tertiary/aromatic N) is 1. The highest BCUT2D eigenvalue weighted by molar-refractivity contribution is 5.22. The fourth-order valence-electron chi connectivity index (χ4n) is 1.55. The van der Waals surface area contributed by atoms with Crippen LogP contribution in [0.15, 0.2) is 30.3 Å². The lowest BCUT2D eigenvalue weighted by atomic mass is 10.0. The molecule has 1 atom stereocenters. The SMILES string of the molecule is OC1(c2ccccc2)C[N]CCN1. The Morgan fingerprint density at radius 1 is 1.31 bits per heavy atom. The van der Waals surface area contributed by atoms with Gasteiger partial charge < -0.3 is 5.11 Å². The third-order valence-electron chi connectivity index (χ3n) is 2.28. The van der Waals surface area contributed by atoms with Crippen LogP contribution < -0.4 is 10.6 Å². The first-order chi connectivity index (χ1) is 6.31. The Kier molecular flexibility index (Phi) is 2.31. The number of benzene rings is 1. The van der Waals surface area contributed by atoms with Crippen LogP contribution in [0.25, 0.3) is 0 Å². The summed E-state index contributed by atoms with van der Waals surface area (Å²) in [6, 6.07) is 9.60. The Bertz CT molecular complexity index is 268. The molecule has 0 aliphatic carbocycles. The van der Waals surface area contributed by atoms with Crippen LogP contribution in [-0.2, 0) is 5.72 Å². The van der Waals surface area contributed by atoms with Crippen molar-refractivity contribution < 1.29 is 5.11 Å². The summed E-state index contributed by atoms with van der Waals surface area (Å²) in [4.78, 5) is 0. The minimum absolute atomic E-state index is 0.441. The molecule has 69 valence electrons. The predicted molar refractivity (Wildman–Crippen MR) is 50.2 cm³/mol. The zero-order valence-electron chi connectivity index (χ0n) is 7.40. The van der Waals surface area contributed by atoms with Gasteiger partial charge in [0.2, 0.25) is 0 Å². The van der Waals surface area contributed by atoms with Crippen molar-refractivity contribution in [3.8, 4) is 0 Å². The average molecular weight is 177 g/mol. The number of hydrogen-bond donors (Lipinski definition) is 2. The Hall–Kier alpha value is -0.900. The van der Waals surface area contributed by atoms with E-state index >= 15 is 0 Å². The summed E-state index contributed by atoms with van der Waals surface area (Å²) in [6.07, 6.45) is 0. The van der Waals surface area contributed by atoms with Crippen molar-refractivity contribution in [2.45, 2.75) is 5.72 Å². The van der Waals surface area contributed by atoms with Crippen molar-refractivity contribution in [1.82, 2.24) is 10.6 Å². The molecule has 0 saturated carbocycles. The van der Waals surface area contributed by atoms with Gasteiger partial charge in [-0.25, -0.2) is 5.32 Å². The molecule has 2 rings (SSSR count). The van der Waals surface area contributed by atoms with Crippen LogP contribution in [0.2, 0.25) is 0 Å². The van der Waals surface area contributed by atoms with Gasteiger partial charge in [0.05, 0.1) is 6.54 Å². The molecule has 1 aliphatic heterocycles. The van der Waals surface area contributed by atoms with Crippen LogP contribution in [0.1, 0.15) is 5.56 Å². The van der Waals surface area contributed by atoms with E-state index in [0.29, 0.717) is 6.54 Å². The van der Waals surface area contributed by atoms with E-state index in [2.05, 4.69) is 10.6 Å². The van der Waals surface area contributed by atoms with Gasteiger partial charge in [0.25, 0.3) is 0 Å². The summed E-state index contributed by atoms with van der Waals surface area (Å²) < 4.78 is 0. The standard InChI is InChI=1S/C10H13N2O/c13-10(8-11-6-7-12-10)9-4-2-1-3-5-9/h1-5,12-13H,6-8H2. The zero-order chi connectivity index (χ0) is 9.15. The molecule has 13 heavy (non-hydrogen) atoms. The minimum atomic E-state index is -0.945. The van der Waals surface area contributed by atoms with E-state index < -0.39 is 5.72 Å². The van der Waals surface area contributed by atoms with Gasteiger partial charge in [-0.3, -0.25) is 5.32 Å². The Balaban J connectivity index is 2.23. The van der Waals surface area contributed by atoms with Gasteiger partial charge in [-0.15, -0.1) is 0 Å². The van der Waals surface area contributed by atoms with Crippen LogP contribution in [0.4, 0.5) is 0 Å². The monoisotopic (exact) mass is 177 g/mol. The fraction of sp³-hybridized carbons (Fsp3) is 0.400. The average Bonchev–Trinajstić information content (AvgIpc) is 2.20. The second kappa shape index (κ2) is 3.46. The summed E-state index contributed by atoms with van der Waals surface area (Å²) in [5, 5.41) is 17.4. The maximum Gasteiger partial charge on any atom is 0.156 e.